The number of nitrogens with zero attached hydrogens (tertiary/aromatic N) is 3. The van der Waals surface area contributed by atoms with Crippen LogP contribution in [0.25, 0.3) is 5.69 Å². The zero-order valence-electron chi connectivity index (χ0n) is 17.2. The van der Waals surface area contributed by atoms with Crippen LogP contribution in [0.1, 0.15) is 51.6 Å². The molecule has 0 aliphatic heterocycles. The van der Waals surface area contributed by atoms with Gasteiger partial charge < -0.3 is 15.7 Å². The third-order valence-corrected chi connectivity index (χ3v) is 5.63. The Kier molecular flexibility index (Phi) is 5.56. The predicted molar refractivity (Wildman–Crippen MR) is 118 cm³/mol. The summed E-state index contributed by atoms with van der Waals surface area (Å²) in [6.45, 7) is 3.46. The molecule has 0 spiro atoms. The molecule has 1 heterocycles. The number of aliphatic hydroxyl groups is 1. The molecule has 160 valence electrons. The second-order valence-corrected chi connectivity index (χ2v) is 8.21. The summed E-state index contributed by atoms with van der Waals surface area (Å²) in [6.07, 6.45) is 2.31. The van der Waals surface area contributed by atoms with Crippen LogP contribution in [0.4, 0.5) is 5.82 Å². The topological polar surface area (TPSA) is 101 Å². The van der Waals surface area contributed by atoms with Gasteiger partial charge in [0.2, 0.25) is 0 Å². The third-order valence-electron chi connectivity index (χ3n) is 5.40. The highest BCUT2D eigenvalue weighted by atomic mass is 35.5. The second-order valence-electron chi connectivity index (χ2n) is 7.77. The largest absolute Gasteiger partial charge is 0.383 e. The van der Waals surface area contributed by atoms with Crippen molar-refractivity contribution in [1.82, 2.24) is 14.7 Å². The summed E-state index contributed by atoms with van der Waals surface area (Å²) in [7, 11) is 0. The van der Waals surface area contributed by atoms with Crippen molar-refractivity contribution in [3.63, 3.8) is 0 Å². The zero-order valence-corrected chi connectivity index (χ0v) is 18.0. The summed E-state index contributed by atoms with van der Waals surface area (Å²) in [5.41, 5.74) is 8.80. The predicted octanol–water partition coefficient (Wildman–Crippen LogP) is 3.59. The van der Waals surface area contributed by atoms with Crippen LogP contribution in [-0.4, -0.2) is 43.7 Å². The van der Waals surface area contributed by atoms with E-state index in [4.69, 9.17) is 17.3 Å². The lowest BCUT2D eigenvalue weighted by atomic mass is 10.1. The Balaban J connectivity index is 1.70. The van der Waals surface area contributed by atoms with Gasteiger partial charge in [-0.05, 0) is 56.5 Å². The number of carbonyl (C=O) groups excluding carboxylic acids is 2. The van der Waals surface area contributed by atoms with E-state index in [0.717, 1.165) is 18.4 Å². The average Bonchev–Trinajstić information content (AvgIpc) is 3.49. The molecule has 0 radical (unpaired) electrons. The van der Waals surface area contributed by atoms with Gasteiger partial charge in [-0.1, -0.05) is 29.8 Å². The van der Waals surface area contributed by atoms with Crippen LogP contribution in [0.5, 0.6) is 0 Å². The average molecular weight is 439 g/mol. The van der Waals surface area contributed by atoms with Gasteiger partial charge in [0.1, 0.15) is 12.0 Å². The molecule has 1 unspecified atom stereocenters. The molecule has 31 heavy (non-hydrogen) atoms. The fourth-order valence-corrected chi connectivity index (χ4v) is 3.81. The first-order chi connectivity index (χ1) is 14.8. The van der Waals surface area contributed by atoms with E-state index in [1.54, 1.807) is 49.4 Å². The van der Waals surface area contributed by atoms with Crippen molar-refractivity contribution in [2.75, 3.05) is 5.73 Å². The highest BCUT2D eigenvalue weighted by molar-refractivity contribution is 6.31. The Morgan fingerprint density at radius 1 is 1.23 bits per heavy atom. The second kappa shape index (κ2) is 8.17. The van der Waals surface area contributed by atoms with Crippen molar-refractivity contribution in [1.29, 1.82) is 0 Å². The number of hydrogen-bond donors (Lipinski definition) is 2. The first-order valence-corrected chi connectivity index (χ1v) is 10.4. The van der Waals surface area contributed by atoms with Crippen LogP contribution in [0, 0.1) is 6.92 Å². The molecule has 1 fully saturated rings. The van der Waals surface area contributed by atoms with Gasteiger partial charge in [-0.15, -0.1) is 0 Å². The van der Waals surface area contributed by atoms with Crippen molar-refractivity contribution in [3.05, 3.63) is 75.9 Å². The molecular formula is C23H23ClN4O3. The number of carbonyl (C=O) groups is 2. The monoisotopic (exact) mass is 438 g/mol. The number of halogens is 1. The van der Waals surface area contributed by atoms with Crippen LogP contribution < -0.4 is 5.73 Å². The summed E-state index contributed by atoms with van der Waals surface area (Å²) in [5, 5.41) is 14.8. The number of anilines is 1. The summed E-state index contributed by atoms with van der Waals surface area (Å²) < 4.78 is 1.45. The normalized spacial score (nSPS) is 14.3. The standard InChI is InChI=1S/C23H23ClN4O3/c1-13-6-7-16(23(31)27(14(2)29)18-8-9-18)11-20(13)28-22(25)19(12-26-28)21(30)15-4-3-5-17(24)10-15/h3-7,10-12,14,18,29H,8-9,25H2,1-2H3. The third kappa shape index (κ3) is 4.06. The number of aromatic nitrogens is 2. The number of aryl methyl sites for hydroxylation is 1. The number of benzene rings is 2. The van der Waals surface area contributed by atoms with Crippen LogP contribution in [0.2, 0.25) is 5.02 Å². The highest BCUT2D eigenvalue weighted by Gasteiger charge is 2.35. The van der Waals surface area contributed by atoms with E-state index in [-0.39, 0.29) is 29.1 Å². The SMILES string of the molecule is Cc1ccc(C(=O)N(C(C)O)C2CC2)cc1-n1ncc(C(=O)c2cccc(Cl)c2)c1N. The lowest BCUT2D eigenvalue weighted by molar-refractivity contribution is 0.0137. The zero-order chi connectivity index (χ0) is 22.3. The Bertz CT molecular complexity index is 1170. The van der Waals surface area contributed by atoms with Crippen molar-refractivity contribution in [3.8, 4) is 5.69 Å². The van der Waals surface area contributed by atoms with Crippen molar-refractivity contribution in [2.45, 2.75) is 39.0 Å². The van der Waals surface area contributed by atoms with Crippen molar-refractivity contribution < 1.29 is 14.7 Å². The minimum absolute atomic E-state index is 0.0638. The molecule has 3 aromatic rings. The number of ketones is 1. The maximum atomic E-state index is 13.0. The van der Waals surface area contributed by atoms with Crippen LogP contribution >= 0.6 is 11.6 Å². The lowest BCUT2D eigenvalue weighted by Gasteiger charge is -2.25. The smallest absolute Gasteiger partial charge is 0.256 e. The van der Waals surface area contributed by atoms with Gasteiger partial charge in [0.05, 0.1) is 17.4 Å². The number of rotatable bonds is 6. The lowest BCUT2D eigenvalue weighted by Crippen LogP contribution is -2.40. The summed E-state index contributed by atoms with van der Waals surface area (Å²) in [4.78, 5) is 27.4. The van der Waals surface area contributed by atoms with Crippen LogP contribution in [-0.2, 0) is 0 Å². The van der Waals surface area contributed by atoms with Gasteiger partial charge in [0.15, 0.2) is 5.78 Å². The highest BCUT2D eigenvalue weighted by Crippen LogP contribution is 2.31. The number of hydrogen-bond acceptors (Lipinski definition) is 5. The van der Waals surface area contributed by atoms with E-state index in [2.05, 4.69) is 5.10 Å². The summed E-state index contributed by atoms with van der Waals surface area (Å²) >= 11 is 6.00. The number of nitrogens with two attached hydrogens (primary N) is 1. The number of amides is 1. The molecule has 1 aliphatic carbocycles. The van der Waals surface area contributed by atoms with E-state index in [1.165, 1.54) is 15.8 Å². The Hall–Kier alpha value is -3.16. The summed E-state index contributed by atoms with van der Waals surface area (Å²) in [6, 6.07) is 11.9. The molecule has 1 atom stereocenters. The van der Waals surface area contributed by atoms with E-state index < -0.39 is 6.23 Å². The fourth-order valence-electron chi connectivity index (χ4n) is 3.62. The minimum atomic E-state index is -0.874. The summed E-state index contributed by atoms with van der Waals surface area (Å²) in [5.74, 6) is -0.364. The van der Waals surface area contributed by atoms with E-state index >= 15 is 0 Å². The molecule has 1 amide bonds. The molecule has 1 aliphatic rings. The van der Waals surface area contributed by atoms with Gasteiger partial charge in [-0.3, -0.25) is 9.59 Å². The molecule has 1 saturated carbocycles. The van der Waals surface area contributed by atoms with Crippen molar-refractivity contribution in [2.24, 2.45) is 0 Å². The molecule has 8 heteroatoms. The van der Waals surface area contributed by atoms with E-state index in [9.17, 15) is 14.7 Å². The van der Waals surface area contributed by atoms with E-state index in [1.807, 2.05) is 6.92 Å². The molecule has 4 rings (SSSR count). The van der Waals surface area contributed by atoms with Crippen molar-refractivity contribution >= 4 is 29.1 Å². The fraction of sp³-hybridized carbons (Fsp3) is 0.261. The molecule has 0 bridgehead atoms. The van der Waals surface area contributed by atoms with Gasteiger partial charge in [-0.25, -0.2) is 4.68 Å². The molecule has 0 saturated heterocycles. The van der Waals surface area contributed by atoms with Gasteiger partial charge in [-0.2, -0.15) is 5.10 Å². The maximum absolute atomic E-state index is 13.0. The maximum Gasteiger partial charge on any atom is 0.256 e. The van der Waals surface area contributed by atoms with Gasteiger partial charge in [0, 0.05) is 22.2 Å². The minimum Gasteiger partial charge on any atom is -0.383 e. The number of nitrogen functional groups attached to an aromatic ring is 1. The Morgan fingerprint density at radius 2 is 1.97 bits per heavy atom. The molecule has 1 aromatic heterocycles. The van der Waals surface area contributed by atoms with Gasteiger partial charge >= 0.3 is 0 Å². The number of aliphatic hydroxyl groups excluding tert-OH is 1. The van der Waals surface area contributed by atoms with Crippen LogP contribution in [0.3, 0.4) is 0 Å². The molecule has 3 N–H and O–H groups in total. The first-order valence-electron chi connectivity index (χ1n) is 10.0. The first kappa shape index (κ1) is 21.1. The van der Waals surface area contributed by atoms with Crippen LogP contribution in [0.15, 0.2) is 48.7 Å². The molecule has 7 nitrogen and oxygen atoms in total. The van der Waals surface area contributed by atoms with E-state index in [0.29, 0.717) is 21.8 Å². The molecular weight excluding hydrogens is 416 g/mol. The molecule has 2 aromatic carbocycles. The Labute approximate surface area is 185 Å². The quantitative estimate of drug-likeness (QED) is 0.452. The van der Waals surface area contributed by atoms with Gasteiger partial charge in [0.25, 0.3) is 5.91 Å². The Morgan fingerprint density at radius 3 is 2.61 bits per heavy atom.